The Labute approximate surface area is 99.9 Å². The minimum absolute atomic E-state index is 0.0267. The van der Waals surface area contributed by atoms with E-state index in [9.17, 15) is 9.59 Å². The minimum atomic E-state index is -0.878. The fourth-order valence-electron chi connectivity index (χ4n) is 2.14. The molecule has 0 bridgehead atoms. The van der Waals surface area contributed by atoms with E-state index < -0.39 is 11.9 Å². The molecule has 1 aliphatic rings. The van der Waals surface area contributed by atoms with Crippen molar-refractivity contribution in [2.75, 3.05) is 11.4 Å². The van der Waals surface area contributed by atoms with Crippen molar-refractivity contribution in [3.8, 4) is 0 Å². The van der Waals surface area contributed by atoms with Crippen molar-refractivity contribution in [2.24, 2.45) is 5.92 Å². The molecule has 2 rings (SSSR count). The van der Waals surface area contributed by atoms with Gasteiger partial charge in [0.2, 0.25) is 5.91 Å². The Morgan fingerprint density at radius 1 is 1.35 bits per heavy atom. The third kappa shape index (κ3) is 1.90. The maximum Gasteiger partial charge on any atom is 0.312 e. The van der Waals surface area contributed by atoms with Crippen LogP contribution < -0.4 is 4.90 Å². The number of carbonyl (C=O) groups excluding carboxylic acids is 1. The van der Waals surface area contributed by atoms with E-state index in [1.165, 1.54) is 0 Å². The van der Waals surface area contributed by atoms with Crippen LogP contribution in [0.4, 0.5) is 5.69 Å². The van der Waals surface area contributed by atoms with Crippen LogP contribution in [0.15, 0.2) is 24.3 Å². The Morgan fingerprint density at radius 2 is 2.00 bits per heavy atom. The molecule has 4 heteroatoms. The summed E-state index contributed by atoms with van der Waals surface area (Å²) in [5.74, 6) is -1.64. The van der Waals surface area contributed by atoms with Crippen molar-refractivity contribution in [2.45, 2.75) is 19.8 Å². The Balaban J connectivity index is 2.41. The maximum absolute atomic E-state index is 12.0. The van der Waals surface area contributed by atoms with E-state index in [1.807, 2.05) is 19.9 Å². The van der Waals surface area contributed by atoms with Crippen LogP contribution in [0.1, 0.15) is 25.3 Å². The molecular weight excluding hydrogens is 218 g/mol. The van der Waals surface area contributed by atoms with Gasteiger partial charge in [-0.15, -0.1) is 0 Å². The summed E-state index contributed by atoms with van der Waals surface area (Å²) in [6.45, 7) is 3.88. The largest absolute Gasteiger partial charge is 0.481 e. The van der Waals surface area contributed by atoms with E-state index in [1.54, 1.807) is 23.1 Å². The molecule has 4 nitrogen and oxygen atoms in total. The van der Waals surface area contributed by atoms with Crippen LogP contribution in [-0.2, 0) is 9.59 Å². The molecule has 0 saturated heterocycles. The van der Waals surface area contributed by atoms with E-state index >= 15 is 0 Å². The van der Waals surface area contributed by atoms with Crippen LogP contribution in [0.5, 0.6) is 0 Å². The number of fused-ring (bicyclic) bond motifs is 1. The highest BCUT2D eigenvalue weighted by Crippen LogP contribution is 2.36. The van der Waals surface area contributed by atoms with Gasteiger partial charge in [-0.25, -0.2) is 0 Å². The topological polar surface area (TPSA) is 57.6 Å². The number of hydrogen-bond acceptors (Lipinski definition) is 2. The molecule has 0 fully saturated rings. The summed E-state index contributed by atoms with van der Waals surface area (Å²) in [6, 6.07) is 7.21. The SMILES string of the molecule is CC(C)C(=O)N1CC(C(=O)O)c2ccccc21. The second-order valence-corrected chi connectivity index (χ2v) is 4.55. The highest BCUT2D eigenvalue weighted by atomic mass is 16.4. The zero-order valence-corrected chi connectivity index (χ0v) is 9.88. The van der Waals surface area contributed by atoms with Gasteiger partial charge in [0.05, 0.1) is 0 Å². The number of carbonyl (C=O) groups is 2. The molecule has 0 aromatic heterocycles. The highest BCUT2D eigenvalue weighted by Gasteiger charge is 2.36. The first kappa shape index (κ1) is 11.6. The molecule has 1 aromatic carbocycles. The first-order chi connectivity index (χ1) is 8.02. The number of anilines is 1. The quantitative estimate of drug-likeness (QED) is 0.848. The van der Waals surface area contributed by atoms with Crippen LogP contribution in [0.25, 0.3) is 0 Å². The van der Waals surface area contributed by atoms with Gasteiger partial charge >= 0.3 is 5.97 Å². The van der Waals surface area contributed by atoms with Crippen LogP contribution in [-0.4, -0.2) is 23.5 Å². The normalized spacial score (nSPS) is 18.3. The molecule has 0 aliphatic carbocycles. The molecule has 1 unspecified atom stereocenters. The van der Waals surface area contributed by atoms with Crippen molar-refractivity contribution < 1.29 is 14.7 Å². The van der Waals surface area contributed by atoms with Crippen molar-refractivity contribution >= 4 is 17.6 Å². The average Bonchev–Trinajstić information content (AvgIpc) is 2.67. The van der Waals surface area contributed by atoms with Gasteiger partial charge in [0.15, 0.2) is 0 Å². The Morgan fingerprint density at radius 3 is 2.59 bits per heavy atom. The Hall–Kier alpha value is -1.84. The predicted octanol–water partition coefficient (Wildman–Crippen LogP) is 1.86. The first-order valence-corrected chi connectivity index (χ1v) is 5.65. The Kier molecular flexibility index (Phi) is 2.88. The molecule has 1 aromatic rings. The number of rotatable bonds is 2. The third-order valence-corrected chi connectivity index (χ3v) is 3.03. The van der Waals surface area contributed by atoms with E-state index in [0.29, 0.717) is 0 Å². The van der Waals surface area contributed by atoms with Gasteiger partial charge < -0.3 is 10.0 Å². The number of aliphatic carboxylic acids is 1. The number of hydrogen-bond donors (Lipinski definition) is 1. The van der Waals surface area contributed by atoms with E-state index in [2.05, 4.69) is 0 Å². The number of carboxylic acids is 1. The summed E-state index contributed by atoms with van der Waals surface area (Å²) in [5.41, 5.74) is 1.47. The summed E-state index contributed by atoms with van der Waals surface area (Å²) >= 11 is 0. The summed E-state index contributed by atoms with van der Waals surface area (Å²) < 4.78 is 0. The first-order valence-electron chi connectivity index (χ1n) is 5.65. The predicted molar refractivity (Wildman–Crippen MR) is 64.0 cm³/mol. The van der Waals surface area contributed by atoms with Crippen molar-refractivity contribution in [3.05, 3.63) is 29.8 Å². The highest BCUT2D eigenvalue weighted by molar-refractivity contribution is 5.99. The van der Waals surface area contributed by atoms with E-state index in [0.717, 1.165) is 11.3 Å². The molecule has 17 heavy (non-hydrogen) atoms. The van der Waals surface area contributed by atoms with Crippen LogP contribution in [0.3, 0.4) is 0 Å². The lowest BCUT2D eigenvalue weighted by molar-refractivity contribution is -0.138. The molecule has 1 heterocycles. The number of carboxylic acid groups (broad SMARTS) is 1. The summed E-state index contributed by atoms with van der Waals surface area (Å²) in [7, 11) is 0. The second kappa shape index (κ2) is 4.20. The number of benzene rings is 1. The minimum Gasteiger partial charge on any atom is -0.481 e. The van der Waals surface area contributed by atoms with E-state index in [-0.39, 0.29) is 18.4 Å². The molecule has 0 radical (unpaired) electrons. The van der Waals surface area contributed by atoms with Crippen LogP contribution in [0, 0.1) is 5.92 Å². The van der Waals surface area contributed by atoms with Crippen molar-refractivity contribution in [1.29, 1.82) is 0 Å². The zero-order chi connectivity index (χ0) is 12.6. The lowest BCUT2D eigenvalue weighted by atomic mass is 10.0. The fourth-order valence-corrected chi connectivity index (χ4v) is 2.14. The van der Waals surface area contributed by atoms with Gasteiger partial charge in [0.1, 0.15) is 5.92 Å². The second-order valence-electron chi connectivity index (χ2n) is 4.55. The number of nitrogens with zero attached hydrogens (tertiary/aromatic N) is 1. The molecule has 0 saturated carbocycles. The van der Waals surface area contributed by atoms with Crippen molar-refractivity contribution in [3.63, 3.8) is 0 Å². The molecule has 0 spiro atoms. The molecular formula is C13H15NO3. The molecule has 90 valence electrons. The standard InChI is InChI=1S/C13H15NO3/c1-8(2)12(15)14-7-10(13(16)17)9-5-3-4-6-11(9)14/h3-6,8,10H,7H2,1-2H3,(H,16,17). The average molecular weight is 233 g/mol. The van der Waals surface area contributed by atoms with Crippen LogP contribution >= 0.6 is 0 Å². The number of amides is 1. The zero-order valence-electron chi connectivity index (χ0n) is 9.88. The van der Waals surface area contributed by atoms with Gasteiger partial charge in [-0.3, -0.25) is 9.59 Å². The molecule has 1 amide bonds. The van der Waals surface area contributed by atoms with Gasteiger partial charge in [-0.2, -0.15) is 0 Å². The van der Waals surface area contributed by atoms with Crippen molar-refractivity contribution in [1.82, 2.24) is 0 Å². The van der Waals surface area contributed by atoms with Gasteiger partial charge in [0.25, 0.3) is 0 Å². The third-order valence-electron chi connectivity index (χ3n) is 3.03. The molecule has 1 aliphatic heterocycles. The summed E-state index contributed by atoms with van der Waals surface area (Å²) in [6.07, 6.45) is 0. The molecule has 1 atom stereocenters. The van der Waals surface area contributed by atoms with E-state index in [4.69, 9.17) is 5.11 Å². The lowest BCUT2D eigenvalue weighted by Crippen LogP contribution is -2.34. The Bertz CT molecular complexity index is 467. The monoisotopic (exact) mass is 233 g/mol. The lowest BCUT2D eigenvalue weighted by Gasteiger charge is -2.19. The van der Waals surface area contributed by atoms with Gasteiger partial charge in [0, 0.05) is 18.2 Å². The van der Waals surface area contributed by atoms with Crippen LogP contribution in [0.2, 0.25) is 0 Å². The summed E-state index contributed by atoms with van der Waals surface area (Å²) in [4.78, 5) is 24.8. The fraction of sp³-hybridized carbons (Fsp3) is 0.385. The maximum atomic E-state index is 12.0. The smallest absolute Gasteiger partial charge is 0.312 e. The molecule has 1 N–H and O–H groups in total. The summed E-state index contributed by atoms with van der Waals surface area (Å²) in [5, 5.41) is 9.16. The van der Waals surface area contributed by atoms with Gasteiger partial charge in [-0.1, -0.05) is 32.0 Å². The number of para-hydroxylation sites is 1. The van der Waals surface area contributed by atoms with Gasteiger partial charge in [-0.05, 0) is 11.6 Å².